The summed E-state index contributed by atoms with van der Waals surface area (Å²) < 4.78 is 26.1. The Bertz CT molecular complexity index is 664. The van der Waals surface area contributed by atoms with Crippen LogP contribution >= 0.6 is 0 Å². The standard InChI is InChI=1S/C18H26BFN2O3/c1-17(2)18(3,4)25-19(24-17)13-8-12(9-14(20)10-13)16(23)22-7-6-15(11-22)21-5/h8-10,15,21H,6-7,11H2,1-5H3/t15-/m0/s1. The van der Waals surface area contributed by atoms with Crippen LogP contribution in [0.4, 0.5) is 4.39 Å². The molecule has 136 valence electrons. The summed E-state index contributed by atoms with van der Waals surface area (Å²) in [7, 11) is 1.20. The lowest BCUT2D eigenvalue weighted by Gasteiger charge is -2.32. The maximum absolute atomic E-state index is 14.2. The summed E-state index contributed by atoms with van der Waals surface area (Å²) in [6, 6.07) is 4.63. The number of benzene rings is 1. The molecule has 25 heavy (non-hydrogen) atoms. The molecule has 2 aliphatic rings. The van der Waals surface area contributed by atoms with Crippen LogP contribution in [0.1, 0.15) is 44.5 Å². The first-order chi connectivity index (χ1) is 11.6. The van der Waals surface area contributed by atoms with E-state index in [0.29, 0.717) is 30.2 Å². The number of hydrogen-bond donors (Lipinski definition) is 1. The lowest BCUT2D eigenvalue weighted by atomic mass is 9.78. The molecule has 1 N–H and O–H groups in total. The number of amides is 1. The minimum atomic E-state index is -0.684. The van der Waals surface area contributed by atoms with E-state index in [2.05, 4.69) is 5.32 Å². The first-order valence-corrected chi connectivity index (χ1v) is 8.75. The summed E-state index contributed by atoms with van der Waals surface area (Å²) in [6.45, 7) is 9.09. The highest BCUT2D eigenvalue weighted by atomic mass is 19.1. The van der Waals surface area contributed by atoms with Crippen LogP contribution in [0.25, 0.3) is 0 Å². The molecule has 2 saturated heterocycles. The lowest BCUT2D eigenvalue weighted by Crippen LogP contribution is -2.41. The fraction of sp³-hybridized carbons (Fsp3) is 0.611. The lowest BCUT2D eigenvalue weighted by molar-refractivity contribution is 0.00578. The third kappa shape index (κ3) is 3.45. The van der Waals surface area contributed by atoms with Crippen molar-refractivity contribution < 1.29 is 18.5 Å². The second-order valence-corrected chi connectivity index (χ2v) is 7.89. The monoisotopic (exact) mass is 348 g/mol. The zero-order valence-electron chi connectivity index (χ0n) is 15.6. The Morgan fingerprint density at radius 3 is 2.44 bits per heavy atom. The zero-order chi connectivity index (χ0) is 18.4. The topological polar surface area (TPSA) is 50.8 Å². The molecule has 0 saturated carbocycles. The number of carbonyl (C=O) groups is 1. The molecule has 0 aliphatic carbocycles. The number of rotatable bonds is 3. The van der Waals surface area contributed by atoms with Gasteiger partial charge in [0.25, 0.3) is 5.91 Å². The van der Waals surface area contributed by atoms with Crippen molar-refractivity contribution in [2.45, 2.75) is 51.4 Å². The van der Waals surface area contributed by atoms with Crippen LogP contribution in [0.15, 0.2) is 18.2 Å². The van der Waals surface area contributed by atoms with Gasteiger partial charge >= 0.3 is 7.12 Å². The zero-order valence-corrected chi connectivity index (χ0v) is 15.6. The van der Waals surface area contributed by atoms with Crippen molar-refractivity contribution in [2.75, 3.05) is 20.1 Å². The van der Waals surface area contributed by atoms with Crippen LogP contribution in [-0.4, -0.2) is 55.3 Å². The highest BCUT2D eigenvalue weighted by Crippen LogP contribution is 2.36. The summed E-state index contributed by atoms with van der Waals surface area (Å²) in [5, 5.41) is 3.18. The smallest absolute Gasteiger partial charge is 0.399 e. The molecule has 2 aliphatic heterocycles. The molecular formula is C18H26BFN2O3. The fourth-order valence-electron chi connectivity index (χ4n) is 3.21. The number of hydrogen-bond acceptors (Lipinski definition) is 4. The van der Waals surface area contributed by atoms with Gasteiger partial charge in [-0.15, -0.1) is 0 Å². The third-order valence-electron chi connectivity index (χ3n) is 5.58. The Morgan fingerprint density at radius 2 is 1.88 bits per heavy atom. The molecule has 0 radical (unpaired) electrons. The van der Waals surface area contributed by atoms with Crippen molar-refractivity contribution in [1.29, 1.82) is 0 Å². The molecule has 0 spiro atoms. The van der Waals surface area contributed by atoms with Crippen LogP contribution < -0.4 is 10.8 Å². The molecular weight excluding hydrogens is 322 g/mol. The molecule has 2 heterocycles. The first-order valence-electron chi connectivity index (χ1n) is 8.75. The predicted octanol–water partition coefficient (Wildman–Crippen LogP) is 1.56. The van der Waals surface area contributed by atoms with Gasteiger partial charge in [-0.3, -0.25) is 4.79 Å². The van der Waals surface area contributed by atoms with Crippen molar-refractivity contribution in [3.63, 3.8) is 0 Å². The minimum absolute atomic E-state index is 0.157. The first kappa shape index (κ1) is 18.4. The summed E-state index contributed by atoms with van der Waals surface area (Å²) in [5.41, 5.74) is -0.153. The normalized spacial score (nSPS) is 24.8. The molecule has 5 nitrogen and oxygen atoms in total. The van der Waals surface area contributed by atoms with E-state index >= 15 is 0 Å². The summed E-state index contributed by atoms with van der Waals surface area (Å²) in [5.74, 6) is -0.616. The molecule has 1 aromatic rings. The Balaban J connectivity index is 1.83. The molecule has 0 unspecified atom stereocenters. The fourth-order valence-corrected chi connectivity index (χ4v) is 3.21. The quantitative estimate of drug-likeness (QED) is 0.843. The number of carbonyl (C=O) groups excluding carboxylic acids is 1. The van der Waals surface area contributed by atoms with Gasteiger partial charge in [0.2, 0.25) is 0 Å². The molecule has 0 aromatic heterocycles. The van der Waals surface area contributed by atoms with Crippen molar-refractivity contribution in [3.8, 4) is 0 Å². The van der Waals surface area contributed by atoms with E-state index in [1.807, 2.05) is 34.7 Å². The van der Waals surface area contributed by atoms with Gasteiger partial charge in [-0.25, -0.2) is 4.39 Å². The maximum atomic E-state index is 14.2. The molecule has 1 atom stereocenters. The van der Waals surface area contributed by atoms with Gasteiger partial charge in [0.15, 0.2) is 0 Å². The number of nitrogens with one attached hydrogen (secondary N) is 1. The highest BCUT2D eigenvalue weighted by molar-refractivity contribution is 6.62. The molecule has 2 fully saturated rings. The van der Waals surface area contributed by atoms with E-state index in [9.17, 15) is 9.18 Å². The van der Waals surface area contributed by atoms with E-state index in [1.54, 1.807) is 11.0 Å². The largest absolute Gasteiger partial charge is 0.494 e. The van der Waals surface area contributed by atoms with Crippen LogP contribution in [0.5, 0.6) is 0 Å². The molecule has 1 amide bonds. The van der Waals surface area contributed by atoms with Crippen LogP contribution in [0.3, 0.4) is 0 Å². The molecule has 0 bridgehead atoms. The molecule has 7 heteroatoms. The van der Waals surface area contributed by atoms with Gasteiger partial charge in [-0.05, 0) is 64.8 Å². The van der Waals surface area contributed by atoms with Crippen LogP contribution in [0, 0.1) is 5.82 Å². The van der Waals surface area contributed by atoms with Gasteiger partial charge in [0, 0.05) is 24.7 Å². The number of likely N-dealkylation sites (N-methyl/N-ethyl adjacent to an activating group) is 1. The average molecular weight is 348 g/mol. The van der Waals surface area contributed by atoms with Crippen molar-refractivity contribution in [2.24, 2.45) is 0 Å². The summed E-state index contributed by atoms with van der Waals surface area (Å²) in [4.78, 5) is 14.5. The number of nitrogens with zero attached hydrogens (tertiary/aromatic N) is 1. The van der Waals surface area contributed by atoms with E-state index in [-0.39, 0.29) is 5.91 Å². The Labute approximate surface area is 149 Å². The van der Waals surface area contributed by atoms with Crippen molar-refractivity contribution in [3.05, 3.63) is 29.6 Å². The van der Waals surface area contributed by atoms with Gasteiger partial charge in [0.1, 0.15) is 5.82 Å². The predicted molar refractivity (Wildman–Crippen MR) is 95.5 cm³/mol. The second-order valence-electron chi connectivity index (χ2n) is 7.89. The number of likely N-dealkylation sites (tertiary alicyclic amines) is 1. The third-order valence-corrected chi connectivity index (χ3v) is 5.58. The minimum Gasteiger partial charge on any atom is -0.399 e. The Kier molecular flexibility index (Phi) is 4.68. The number of halogens is 1. The Hall–Kier alpha value is -1.44. The van der Waals surface area contributed by atoms with Gasteiger partial charge < -0.3 is 19.5 Å². The Morgan fingerprint density at radius 1 is 1.24 bits per heavy atom. The highest BCUT2D eigenvalue weighted by Gasteiger charge is 2.51. The van der Waals surface area contributed by atoms with Crippen LogP contribution in [-0.2, 0) is 9.31 Å². The van der Waals surface area contributed by atoms with Crippen molar-refractivity contribution >= 4 is 18.5 Å². The van der Waals surface area contributed by atoms with Gasteiger partial charge in [-0.2, -0.15) is 0 Å². The van der Waals surface area contributed by atoms with Gasteiger partial charge in [0.05, 0.1) is 11.2 Å². The van der Waals surface area contributed by atoms with Crippen molar-refractivity contribution in [1.82, 2.24) is 10.2 Å². The summed E-state index contributed by atoms with van der Waals surface area (Å²) >= 11 is 0. The average Bonchev–Trinajstić information content (AvgIpc) is 3.08. The SMILES string of the molecule is CN[C@H]1CCN(C(=O)c2cc(F)cc(B3OC(C)(C)C(C)(C)O3)c2)C1. The van der Waals surface area contributed by atoms with E-state index < -0.39 is 24.1 Å². The van der Waals surface area contributed by atoms with Crippen LogP contribution in [0.2, 0.25) is 0 Å². The molecule has 1 aromatic carbocycles. The van der Waals surface area contributed by atoms with Gasteiger partial charge in [-0.1, -0.05) is 0 Å². The summed E-state index contributed by atoms with van der Waals surface area (Å²) in [6.07, 6.45) is 0.904. The van der Waals surface area contributed by atoms with E-state index in [4.69, 9.17) is 9.31 Å². The van der Waals surface area contributed by atoms with E-state index in [0.717, 1.165) is 6.42 Å². The van der Waals surface area contributed by atoms with E-state index in [1.165, 1.54) is 12.1 Å². The maximum Gasteiger partial charge on any atom is 0.494 e. The second kappa shape index (κ2) is 6.38. The molecule has 3 rings (SSSR count).